The molecule has 0 aliphatic rings. The normalized spacial score (nSPS) is 10.9. The molecular formula is C22H20ClNO3. The minimum absolute atomic E-state index is 0.240. The summed E-state index contributed by atoms with van der Waals surface area (Å²) in [6.07, 6.45) is 3.06. The second-order valence-corrected chi connectivity index (χ2v) is 6.35. The minimum Gasteiger partial charge on any atom is -0.494 e. The van der Waals surface area contributed by atoms with Crippen LogP contribution in [-0.2, 0) is 4.79 Å². The summed E-state index contributed by atoms with van der Waals surface area (Å²) in [6.45, 7) is 4.48. The van der Waals surface area contributed by atoms with Gasteiger partial charge in [0.2, 0.25) is 5.91 Å². The Kier molecular flexibility index (Phi) is 5.99. The summed E-state index contributed by atoms with van der Waals surface area (Å²) in [4.78, 5) is 12.1. The van der Waals surface area contributed by atoms with Crippen LogP contribution in [0.25, 0.3) is 17.4 Å². The molecular weight excluding hydrogens is 362 g/mol. The molecule has 0 saturated heterocycles. The molecule has 2 aromatic carbocycles. The van der Waals surface area contributed by atoms with Crippen LogP contribution in [0.3, 0.4) is 0 Å². The topological polar surface area (TPSA) is 51.5 Å². The Hall–Kier alpha value is -2.98. The van der Waals surface area contributed by atoms with Crippen molar-refractivity contribution < 1.29 is 13.9 Å². The molecule has 1 N–H and O–H groups in total. The number of carbonyl (C=O) groups is 1. The van der Waals surface area contributed by atoms with E-state index in [2.05, 4.69) is 5.32 Å². The van der Waals surface area contributed by atoms with Crippen molar-refractivity contribution in [2.75, 3.05) is 11.9 Å². The number of amides is 1. The van der Waals surface area contributed by atoms with Crippen molar-refractivity contribution in [3.8, 4) is 17.1 Å². The first-order chi connectivity index (χ1) is 13.0. The van der Waals surface area contributed by atoms with Crippen molar-refractivity contribution in [1.29, 1.82) is 0 Å². The van der Waals surface area contributed by atoms with E-state index in [1.165, 1.54) is 6.08 Å². The molecule has 0 aliphatic carbocycles. The largest absolute Gasteiger partial charge is 0.494 e. The summed E-state index contributed by atoms with van der Waals surface area (Å²) in [5.74, 6) is 1.81. The summed E-state index contributed by atoms with van der Waals surface area (Å²) in [5, 5.41) is 3.48. The van der Waals surface area contributed by atoms with E-state index in [4.69, 9.17) is 20.8 Å². The zero-order chi connectivity index (χ0) is 19.2. The van der Waals surface area contributed by atoms with Crippen LogP contribution in [0, 0.1) is 6.92 Å². The molecule has 0 radical (unpaired) electrons. The lowest BCUT2D eigenvalue weighted by Gasteiger charge is -2.05. The summed E-state index contributed by atoms with van der Waals surface area (Å²) >= 11 is 6.16. The van der Waals surface area contributed by atoms with Gasteiger partial charge in [0.05, 0.1) is 6.61 Å². The third-order valence-corrected chi connectivity index (χ3v) is 4.32. The average Bonchev–Trinajstić information content (AvgIpc) is 3.13. The summed E-state index contributed by atoms with van der Waals surface area (Å²) in [7, 11) is 0. The highest BCUT2D eigenvalue weighted by molar-refractivity contribution is 6.31. The van der Waals surface area contributed by atoms with E-state index in [1.807, 2.05) is 56.3 Å². The lowest BCUT2D eigenvalue weighted by Crippen LogP contribution is -2.07. The molecule has 1 heterocycles. The number of furan rings is 1. The van der Waals surface area contributed by atoms with Crippen LogP contribution in [0.1, 0.15) is 18.2 Å². The summed E-state index contributed by atoms with van der Waals surface area (Å²) in [5.41, 5.74) is 2.60. The second-order valence-electron chi connectivity index (χ2n) is 5.95. The molecule has 0 saturated carbocycles. The maximum atomic E-state index is 12.1. The number of carbonyl (C=O) groups excluding carboxylic acids is 1. The molecule has 0 atom stereocenters. The van der Waals surface area contributed by atoms with E-state index in [0.717, 1.165) is 16.9 Å². The Morgan fingerprint density at radius 2 is 1.93 bits per heavy atom. The first-order valence-electron chi connectivity index (χ1n) is 8.63. The van der Waals surface area contributed by atoms with Gasteiger partial charge in [0.25, 0.3) is 0 Å². The lowest BCUT2D eigenvalue weighted by atomic mass is 10.1. The van der Waals surface area contributed by atoms with Gasteiger partial charge in [-0.3, -0.25) is 4.79 Å². The van der Waals surface area contributed by atoms with Crippen molar-refractivity contribution in [3.63, 3.8) is 0 Å². The van der Waals surface area contributed by atoms with Gasteiger partial charge in [0, 0.05) is 22.3 Å². The van der Waals surface area contributed by atoms with E-state index in [9.17, 15) is 4.79 Å². The molecule has 0 bridgehead atoms. The fourth-order valence-electron chi connectivity index (χ4n) is 2.49. The smallest absolute Gasteiger partial charge is 0.248 e. The summed E-state index contributed by atoms with van der Waals surface area (Å²) < 4.78 is 11.1. The van der Waals surface area contributed by atoms with Gasteiger partial charge < -0.3 is 14.5 Å². The zero-order valence-electron chi connectivity index (χ0n) is 15.2. The predicted molar refractivity (Wildman–Crippen MR) is 109 cm³/mol. The van der Waals surface area contributed by atoms with Gasteiger partial charge in [-0.15, -0.1) is 0 Å². The first-order valence-corrected chi connectivity index (χ1v) is 9.01. The van der Waals surface area contributed by atoms with Crippen LogP contribution in [0.5, 0.6) is 5.75 Å². The third-order valence-electron chi connectivity index (χ3n) is 3.91. The predicted octanol–water partition coefficient (Wildman–Crippen LogP) is 5.96. The van der Waals surface area contributed by atoms with Crippen molar-refractivity contribution in [3.05, 3.63) is 77.0 Å². The second kappa shape index (κ2) is 8.60. The van der Waals surface area contributed by atoms with Gasteiger partial charge in [0.15, 0.2) is 0 Å². The highest BCUT2D eigenvalue weighted by Gasteiger charge is 2.06. The maximum Gasteiger partial charge on any atom is 0.248 e. The number of anilines is 1. The molecule has 4 nitrogen and oxygen atoms in total. The molecule has 27 heavy (non-hydrogen) atoms. The standard InChI is InChI=1S/C22H20ClNO3/c1-3-26-18-8-6-17(7-9-18)24-22(25)13-11-19-10-12-21(27-19)16-5-4-15(2)20(23)14-16/h4-14H,3H2,1-2H3,(H,24,25)/b13-11+. The van der Waals surface area contributed by atoms with Crippen molar-refractivity contribution in [2.45, 2.75) is 13.8 Å². The van der Waals surface area contributed by atoms with Crippen LogP contribution >= 0.6 is 11.6 Å². The molecule has 3 rings (SSSR count). The molecule has 1 amide bonds. The number of nitrogens with one attached hydrogen (secondary N) is 1. The number of ether oxygens (including phenoxy) is 1. The Balaban J connectivity index is 1.63. The number of rotatable bonds is 6. The van der Waals surface area contributed by atoms with E-state index in [0.29, 0.717) is 28.8 Å². The Morgan fingerprint density at radius 3 is 2.63 bits per heavy atom. The molecule has 0 fully saturated rings. The van der Waals surface area contributed by atoms with Gasteiger partial charge in [0.1, 0.15) is 17.3 Å². The van der Waals surface area contributed by atoms with Crippen LogP contribution in [0.15, 0.2) is 65.1 Å². The number of aryl methyl sites for hydroxylation is 1. The lowest BCUT2D eigenvalue weighted by molar-refractivity contribution is -0.111. The van der Waals surface area contributed by atoms with E-state index in [-0.39, 0.29) is 5.91 Å². The minimum atomic E-state index is -0.240. The Morgan fingerprint density at radius 1 is 1.15 bits per heavy atom. The molecule has 138 valence electrons. The highest BCUT2D eigenvalue weighted by atomic mass is 35.5. The molecule has 0 spiro atoms. The van der Waals surface area contributed by atoms with Crippen LogP contribution in [-0.4, -0.2) is 12.5 Å². The Bertz CT molecular complexity index is 958. The van der Waals surface area contributed by atoms with Gasteiger partial charge in [-0.05, 0) is 68.0 Å². The number of hydrogen-bond donors (Lipinski definition) is 1. The van der Waals surface area contributed by atoms with Gasteiger partial charge in [-0.25, -0.2) is 0 Å². The monoisotopic (exact) mass is 381 g/mol. The highest BCUT2D eigenvalue weighted by Crippen LogP contribution is 2.27. The van der Waals surface area contributed by atoms with Crippen LogP contribution in [0.4, 0.5) is 5.69 Å². The SMILES string of the molecule is CCOc1ccc(NC(=O)/C=C/c2ccc(-c3ccc(C)c(Cl)c3)o2)cc1. The average molecular weight is 382 g/mol. The number of hydrogen-bond acceptors (Lipinski definition) is 3. The first kappa shape index (κ1) is 18.8. The number of benzene rings is 2. The molecule has 3 aromatic rings. The quantitative estimate of drug-likeness (QED) is 0.536. The van der Waals surface area contributed by atoms with E-state index >= 15 is 0 Å². The molecule has 1 aromatic heterocycles. The molecule has 0 unspecified atom stereocenters. The Labute approximate surface area is 163 Å². The van der Waals surface area contributed by atoms with Crippen molar-refractivity contribution >= 4 is 29.3 Å². The maximum absolute atomic E-state index is 12.1. The molecule has 0 aliphatic heterocycles. The summed E-state index contributed by atoms with van der Waals surface area (Å²) in [6, 6.07) is 16.6. The van der Waals surface area contributed by atoms with Crippen LogP contribution in [0.2, 0.25) is 5.02 Å². The molecule has 5 heteroatoms. The fraction of sp³-hybridized carbons (Fsp3) is 0.136. The van der Waals surface area contributed by atoms with E-state index < -0.39 is 0 Å². The van der Waals surface area contributed by atoms with Gasteiger partial charge in [-0.2, -0.15) is 0 Å². The third kappa shape index (κ3) is 5.02. The van der Waals surface area contributed by atoms with Crippen molar-refractivity contribution in [2.24, 2.45) is 0 Å². The zero-order valence-corrected chi connectivity index (χ0v) is 15.9. The van der Waals surface area contributed by atoms with Gasteiger partial charge >= 0.3 is 0 Å². The van der Waals surface area contributed by atoms with Crippen LogP contribution < -0.4 is 10.1 Å². The van der Waals surface area contributed by atoms with Crippen molar-refractivity contribution in [1.82, 2.24) is 0 Å². The fourth-order valence-corrected chi connectivity index (χ4v) is 2.67. The van der Waals surface area contributed by atoms with E-state index in [1.54, 1.807) is 18.2 Å². The van der Waals surface area contributed by atoms with Gasteiger partial charge in [-0.1, -0.05) is 23.7 Å². The number of halogens is 1.